The van der Waals surface area contributed by atoms with Gasteiger partial charge in [-0.25, -0.2) is 0 Å². The number of carboxylic acid groups (broad SMARTS) is 1. The Morgan fingerprint density at radius 3 is 1.00 bits per heavy atom. The topological polar surface area (TPSA) is 111 Å². The molecule has 9 nitrogen and oxygen atoms in total. The highest BCUT2D eigenvalue weighted by Gasteiger charge is 2.22. The lowest BCUT2D eigenvalue weighted by atomic mass is 10.0. The third-order valence-corrected chi connectivity index (χ3v) is 16.6. The van der Waals surface area contributed by atoms with Crippen LogP contribution < -0.4 is 5.11 Å². The predicted molar refractivity (Wildman–Crippen MR) is 362 cm³/mol. The molecule has 0 aromatic rings. The van der Waals surface area contributed by atoms with Crippen LogP contribution in [-0.4, -0.2) is 82.3 Å². The number of rotatable bonds is 69. The molecule has 0 saturated heterocycles. The summed E-state index contributed by atoms with van der Waals surface area (Å²) in [5.41, 5.74) is 0. The van der Waals surface area contributed by atoms with Gasteiger partial charge in [-0.15, -0.1) is 0 Å². The van der Waals surface area contributed by atoms with Gasteiger partial charge in [0.25, 0.3) is 0 Å². The zero-order valence-corrected chi connectivity index (χ0v) is 57.0. The lowest BCUT2D eigenvalue weighted by Gasteiger charge is -2.26. The van der Waals surface area contributed by atoms with Gasteiger partial charge in [-0.05, 0) is 51.4 Å². The Hall–Kier alpha value is -2.75. The highest BCUT2D eigenvalue weighted by Crippen LogP contribution is 2.19. The first kappa shape index (κ1) is 82.2. The van der Waals surface area contributed by atoms with E-state index in [1.54, 1.807) is 0 Å². The minimum Gasteiger partial charge on any atom is -0.545 e. The number of esters is 2. The fraction of sp³-hybridized carbons (Fsp3) is 0.855. The number of aliphatic carboxylic acids is 1. The number of quaternary nitrogens is 1. The third-order valence-electron chi connectivity index (χ3n) is 16.6. The maximum Gasteiger partial charge on any atom is 0.306 e. The molecule has 0 N–H and O–H groups in total. The van der Waals surface area contributed by atoms with Gasteiger partial charge in [0.1, 0.15) is 13.2 Å². The van der Waals surface area contributed by atoms with Gasteiger partial charge in [0, 0.05) is 12.8 Å². The molecular formula is C76H141NO8. The molecule has 0 aromatic heterocycles. The first-order valence-corrected chi connectivity index (χ1v) is 36.8. The van der Waals surface area contributed by atoms with Crippen molar-refractivity contribution in [3.05, 3.63) is 48.6 Å². The summed E-state index contributed by atoms with van der Waals surface area (Å²) in [6.45, 7) is 4.71. The van der Waals surface area contributed by atoms with Crippen molar-refractivity contribution in [2.24, 2.45) is 0 Å². The molecular weight excluding hydrogens is 1050 g/mol. The van der Waals surface area contributed by atoms with Crippen molar-refractivity contribution < 1.29 is 42.9 Å². The van der Waals surface area contributed by atoms with Crippen LogP contribution in [0.5, 0.6) is 0 Å². The Bertz CT molecular complexity index is 1530. The zero-order valence-electron chi connectivity index (χ0n) is 57.0. The molecule has 0 fully saturated rings. The summed E-state index contributed by atoms with van der Waals surface area (Å²) in [6, 6.07) is 0. The van der Waals surface area contributed by atoms with Crippen LogP contribution in [0.2, 0.25) is 0 Å². The number of likely N-dealkylation sites (N-methyl/N-ethyl adjacent to an activating group) is 1. The molecule has 2 atom stereocenters. The smallest absolute Gasteiger partial charge is 0.306 e. The second kappa shape index (κ2) is 67.2. The zero-order chi connectivity index (χ0) is 61.9. The van der Waals surface area contributed by atoms with Crippen molar-refractivity contribution in [2.45, 2.75) is 373 Å². The molecule has 2 unspecified atom stereocenters. The van der Waals surface area contributed by atoms with Crippen LogP contribution in [0.15, 0.2) is 48.6 Å². The van der Waals surface area contributed by atoms with Crippen LogP contribution in [0.1, 0.15) is 361 Å². The predicted octanol–water partition coefficient (Wildman–Crippen LogP) is 21.6. The van der Waals surface area contributed by atoms with Gasteiger partial charge in [-0.1, -0.05) is 345 Å². The third kappa shape index (κ3) is 68.6. The summed E-state index contributed by atoms with van der Waals surface area (Å²) in [4.78, 5) is 37.5. The van der Waals surface area contributed by atoms with Gasteiger partial charge in [-0.3, -0.25) is 9.59 Å². The number of carbonyl (C=O) groups excluding carboxylic acids is 3. The molecule has 498 valence electrons. The van der Waals surface area contributed by atoms with Crippen molar-refractivity contribution in [3.8, 4) is 0 Å². The maximum atomic E-state index is 12.9. The van der Waals surface area contributed by atoms with E-state index in [1.165, 1.54) is 270 Å². The van der Waals surface area contributed by atoms with E-state index in [9.17, 15) is 19.5 Å². The van der Waals surface area contributed by atoms with Crippen LogP contribution in [0.4, 0.5) is 0 Å². The number of nitrogens with zero attached hydrogens (tertiary/aromatic N) is 1. The van der Waals surface area contributed by atoms with E-state index in [1.807, 2.05) is 21.1 Å². The van der Waals surface area contributed by atoms with Crippen LogP contribution in [0.25, 0.3) is 0 Å². The minimum atomic E-state index is -1.62. The Balaban J connectivity index is 4.01. The van der Waals surface area contributed by atoms with Crippen molar-refractivity contribution in [2.75, 3.05) is 47.5 Å². The number of unbranched alkanes of at least 4 members (excludes halogenated alkanes) is 46. The van der Waals surface area contributed by atoms with E-state index in [2.05, 4.69) is 62.5 Å². The molecule has 0 heterocycles. The van der Waals surface area contributed by atoms with Crippen molar-refractivity contribution in [1.82, 2.24) is 0 Å². The summed E-state index contributed by atoms with van der Waals surface area (Å²) in [6.07, 6.45) is 83.6. The molecule has 0 aliphatic carbocycles. The van der Waals surface area contributed by atoms with Crippen molar-refractivity contribution >= 4 is 17.9 Å². The summed E-state index contributed by atoms with van der Waals surface area (Å²) >= 11 is 0. The normalized spacial score (nSPS) is 12.9. The lowest BCUT2D eigenvalue weighted by molar-refractivity contribution is -0.870. The van der Waals surface area contributed by atoms with E-state index in [0.29, 0.717) is 17.4 Å². The first-order valence-electron chi connectivity index (χ1n) is 36.8. The van der Waals surface area contributed by atoms with Gasteiger partial charge >= 0.3 is 11.9 Å². The molecule has 0 amide bonds. The number of ether oxygens (including phenoxy) is 4. The quantitative estimate of drug-likeness (QED) is 0.0195. The monoisotopic (exact) mass is 1200 g/mol. The molecule has 0 rings (SSSR count). The number of hydrogen-bond donors (Lipinski definition) is 0. The lowest BCUT2D eigenvalue weighted by Crippen LogP contribution is -2.44. The van der Waals surface area contributed by atoms with Crippen LogP contribution in [0, 0.1) is 0 Å². The summed E-state index contributed by atoms with van der Waals surface area (Å²) in [5.74, 6) is -2.25. The first-order chi connectivity index (χ1) is 41.6. The molecule has 9 heteroatoms. The van der Waals surface area contributed by atoms with Gasteiger partial charge < -0.3 is 33.3 Å². The minimum absolute atomic E-state index is 0.151. The van der Waals surface area contributed by atoms with Crippen LogP contribution in [0.3, 0.4) is 0 Å². The fourth-order valence-electron chi connectivity index (χ4n) is 11.0. The van der Waals surface area contributed by atoms with Crippen LogP contribution >= 0.6 is 0 Å². The summed E-state index contributed by atoms with van der Waals surface area (Å²) in [5, 5.41) is 11.8. The summed E-state index contributed by atoms with van der Waals surface area (Å²) in [7, 11) is 5.95. The molecule has 0 spiro atoms. The number of carbonyl (C=O) groups is 3. The molecule has 0 saturated carbocycles. The number of hydrogen-bond acceptors (Lipinski definition) is 8. The average molecular weight is 1200 g/mol. The van der Waals surface area contributed by atoms with Crippen molar-refractivity contribution in [1.29, 1.82) is 0 Å². The highest BCUT2D eigenvalue weighted by atomic mass is 16.7. The molecule has 0 radical (unpaired) electrons. The largest absolute Gasteiger partial charge is 0.545 e. The summed E-state index contributed by atoms with van der Waals surface area (Å²) < 4.78 is 22.8. The van der Waals surface area contributed by atoms with Gasteiger partial charge in [0.15, 0.2) is 12.4 Å². The number of allylic oxidation sites excluding steroid dienone is 8. The number of carboxylic acids is 1. The van der Waals surface area contributed by atoms with E-state index < -0.39 is 24.3 Å². The Morgan fingerprint density at radius 1 is 0.365 bits per heavy atom. The molecule has 0 aromatic carbocycles. The molecule has 85 heavy (non-hydrogen) atoms. The van der Waals surface area contributed by atoms with Gasteiger partial charge in [0.2, 0.25) is 0 Å². The van der Waals surface area contributed by atoms with Gasteiger partial charge in [-0.2, -0.15) is 0 Å². The second-order valence-corrected chi connectivity index (χ2v) is 26.2. The maximum absolute atomic E-state index is 12.9. The van der Waals surface area contributed by atoms with E-state index in [0.717, 1.165) is 64.2 Å². The van der Waals surface area contributed by atoms with Crippen LogP contribution in [-0.2, 0) is 33.3 Å². The Labute approximate surface area is 527 Å². The van der Waals surface area contributed by atoms with E-state index in [-0.39, 0.29) is 32.2 Å². The van der Waals surface area contributed by atoms with E-state index in [4.69, 9.17) is 18.9 Å². The van der Waals surface area contributed by atoms with Gasteiger partial charge in [0.05, 0.1) is 40.3 Å². The molecule has 0 aliphatic heterocycles. The molecule has 0 bridgehead atoms. The fourth-order valence-corrected chi connectivity index (χ4v) is 11.0. The average Bonchev–Trinajstić information content (AvgIpc) is 3.48. The second-order valence-electron chi connectivity index (χ2n) is 26.2. The van der Waals surface area contributed by atoms with Crippen molar-refractivity contribution in [3.63, 3.8) is 0 Å². The van der Waals surface area contributed by atoms with E-state index >= 15 is 0 Å². The Morgan fingerprint density at radius 2 is 0.671 bits per heavy atom. The SMILES string of the molecule is CC/C=C\C/C=C\C/C=C\C/C=C\CCCCCCCCCCCCCCCCCCCCCCCCC(=O)OC(COC(=O)CCCCCCCCCCCCCCCCCCCCCCCCCCC)COC(OCC[N+](C)(C)C)C(=O)[O-]. The Kier molecular flexibility index (Phi) is 65.0. The highest BCUT2D eigenvalue weighted by molar-refractivity contribution is 5.70. The molecule has 0 aliphatic rings. The standard InChI is InChI=1S/C76H141NO8/c1-6-8-10-12-14-16-18-20-22-24-26-28-30-32-33-34-35-36-37-38-39-40-41-43-45-47-49-51-53-55-57-59-61-63-65-67-74(79)85-72(71-84-76(75(80)81)82-69-68-77(3,4)5)70-83-73(78)66-64-62-60-58-56-54-52-50-48-46-44-42-31-29-27-25-23-21-19-17-15-13-11-9-7-2/h8,10,14,16,20,22,26,28,72,76H,6-7,9,11-13,15,17-19,21,23-25,27,29-71H2,1-5H3/b10-8-,16-14-,22-20-,28-26-.